The van der Waals surface area contributed by atoms with E-state index in [0.29, 0.717) is 18.0 Å². The van der Waals surface area contributed by atoms with E-state index in [1.165, 1.54) is 17.1 Å². The summed E-state index contributed by atoms with van der Waals surface area (Å²) in [5, 5.41) is 3.41. The molecule has 0 spiro atoms. The molecule has 2 fully saturated rings. The highest BCUT2D eigenvalue weighted by Crippen LogP contribution is 2.35. The molecule has 0 bridgehead atoms. The Bertz CT molecular complexity index is 422. The van der Waals surface area contributed by atoms with E-state index in [4.69, 9.17) is 0 Å². The second kappa shape index (κ2) is 6.94. The molecule has 0 aromatic rings. The lowest BCUT2D eigenvalue weighted by atomic mass is 9.76. The summed E-state index contributed by atoms with van der Waals surface area (Å²) in [5.74, 6) is 0. The molecule has 0 heterocycles. The fourth-order valence-corrected chi connectivity index (χ4v) is 4.04. The van der Waals surface area contributed by atoms with Crippen LogP contribution in [-0.4, -0.2) is 44.9 Å². The van der Waals surface area contributed by atoms with E-state index in [2.05, 4.69) is 23.9 Å². The van der Waals surface area contributed by atoms with Gasteiger partial charge in [-0.25, -0.2) is 0 Å². The minimum absolute atomic E-state index is 0.107. The molecule has 5 nitrogen and oxygen atoms in total. The molecule has 0 atom stereocenters. The van der Waals surface area contributed by atoms with Crippen molar-refractivity contribution in [3.05, 3.63) is 0 Å². The van der Waals surface area contributed by atoms with Crippen molar-refractivity contribution >= 4 is 10.2 Å². The van der Waals surface area contributed by atoms with Crippen molar-refractivity contribution in [1.82, 2.24) is 14.3 Å². The van der Waals surface area contributed by atoms with Crippen molar-refractivity contribution < 1.29 is 8.42 Å². The summed E-state index contributed by atoms with van der Waals surface area (Å²) in [7, 11) is -1.65. The van der Waals surface area contributed by atoms with E-state index < -0.39 is 10.2 Å². The molecule has 2 aliphatic carbocycles. The van der Waals surface area contributed by atoms with Crippen LogP contribution in [0.3, 0.4) is 0 Å². The molecular weight excluding hydrogens is 286 g/mol. The van der Waals surface area contributed by atoms with Gasteiger partial charge < -0.3 is 5.32 Å². The molecule has 2 rings (SSSR count). The monoisotopic (exact) mass is 317 g/mol. The van der Waals surface area contributed by atoms with Gasteiger partial charge in [0.1, 0.15) is 0 Å². The SMILES string of the molecule is CN(CCCNC1CC1)S(=O)(=O)NC1CCC(C)(C)CC1. The van der Waals surface area contributed by atoms with E-state index >= 15 is 0 Å². The third-order valence-corrected chi connectivity index (χ3v) is 6.36. The number of hydrogen-bond acceptors (Lipinski definition) is 3. The second-order valence-corrected chi connectivity index (χ2v) is 9.27. The van der Waals surface area contributed by atoms with Gasteiger partial charge in [0, 0.05) is 25.7 Å². The lowest BCUT2D eigenvalue weighted by Crippen LogP contribution is -2.46. The molecule has 0 aliphatic heterocycles. The van der Waals surface area contributed by atoms with Crippen molar-refractivity contribution in [2.75, 3.05) is 20.1 Å². The lowest BCUT2D eigenvalue weighted by Gasteiger charge is -2.35. The van der Waals surface area contributed by atoms with Crippen LogP contribution in [-0.2, 0) is 10.2 Å². The van der Waals surface area contributed by atoms with Crippen LogP contribution < -0.4 is 10.0 Å². The number of rotatable bonds is 8. The Hall–Kier alpha value is -0.170. The average molecular weight is 317 g/mol. The molecule has 0 saturated heterocycles. The van der Waals surface area contributed by atoms with E-state index in [-0.39, 0.29) is 6.04 Å². The van der Waals surface area contributed by atoms with Crippen LogP contribution in [0.2, 0.25) is 0 Å². The number of hydrogen-bond donors (Lipinski definition) is 2. The maximum Gasteiger partial charge on any atom is 0.279 e. The third kappa shape index (κ3) is 5.85. The van der Waals surface area contributed by atoms with Gasteiger partial charge in [-0.1, -0.05) is 13.8 Å². The Labute approximate surface area is 130 Å². The Morgan fingerprint density at radius 1 is 1.10 bits per heavy atom. The molecule has 124 valence electrons. The zero-order valence-electron chi connectivity index (χ0n) is 13.7. The quantitative estimate of drug-likeness (QED) is 0.672. The van der Waals surface area contributed by atoms with E-state index in [9.17, 15) is 8.42 Å². The summed E-state index contributed by atoms with van der Waals surface area (Å²) in [6.45, 7) is 6.00. The van der Waals surface area contributed by atoms with Crippen molar-refractivity contribution in [2.45, 2.75) is 70.9 Å². The van der Waals surface area contributed by atoms with Gasteiger partial charge in [0.25, 0.3) is 10.2 Å². The minimum Gasteiger partial charge on any atom is -0.314 e. The molecule has 0 aromatic carbocycles. The first-order valence-electron chi connectivity index (χ1n) is 8.25. The van der Waals surface area contributed by atoms with Crippen molar-refractivity contribution in [2.24, 2.45) is 5.41 Å². The Balaban J connectivity index is 1.69. The highest BCUT2D eigenvalue weighted by Gasteiger charge is 2.30. The first-order chi connectivity index (χ1) is 9.78. The van der Waals surface area contributed by atoms with Crippen LogP contribution >= 0.6 is 0 Å². The van der Waals surface area contributed by atoms with Crippen LogP contribution in [0, 0.1) is 5.41 Å². The van der Waals surface area contributed by atoms with Gasteiger partial charge >= 0.3 is 0 Å². The average Bonchev–Trinajstić information content (AvgIpc) is 3.21. The summed E-state index contributed by atoms with van der Waals surface area (Å²) in [6, 6.07) is 0.797. The van der Waals surface area contributed by atoms with Crippen LogP contribution in [0.25, 0.3) is 0 Å². The maximum absolute atomic E-state index is 12.3. The van der Waals surface area contributed by atoms with Crippen LogP contribution in [0.1, 0.15) is 58.8 Å². The van der Waals surface area contributed by atoms with Crippen molar-refractivity contribution in [3.63, 3.8) is 0 Å². The summed E-state index contributed by atoms with van der Waals surface area (Å²) in [6.07, 6.45) is 7.49. The summed E-state index contributed by atoms with van der Waals surface area (Å²) >= 11 is 0. The molecule has 0 aromatic heterocycles. The highest BCUT2D eigenvalue weighted by atomic mass is 32.2. The molecule has 2 aliphatic rings. The summed E-state index contributed by atoms with van der Waals surface area (Å²) < 4.78 is 28.9. The highest BCUT2D eigenvalue weighted by molar-refractivity contribution is 7.87. The molecule has 2 saturated carbocycles. The lowest BCUT2D eigenvalue weighted by molar-refractivity contribution is 0.217. The fourth-order valence-electron chi connectivity index (χ4n) is 2.83. The Morgan fingerprint density at radius 3 is 2.29 bits per heavy atom. The maximum atomic E-state index is 12.3. The molecule has 0 amide bonds. The fraction of sp³-hybridized carbons (Fsp3) is 1.00. The van der Waals surface area contributed by atoms with E-state index in [1.807, 2.05) is 0 Å². The third-order valence-electron chi connectivity index (χ3n) is 4.73. The zero-order valence-corrected chi connectivity index (χ0v) is 14.5. The van der Waals surface area contributed by atoms with Gasteiger partial charge in [0.2, 0.25) is 0 Å². The Morgan fingerprint density at radius 2 is 1.71 bits per heavy atom. The molecule has 0 radical (unpaired) electrons. The Kier molecular flexibility index (Phi) is 5.68. The smallest absolute Gasteiger partial charge is 0.279 e. The number of nitrogens with one attached hydrogen (secondary N) is 2. The summed E-state index contributed by atoms with van der Waals surface area (Å²) in [5.41, 5.74) is 0.363. The van der Waals surface area contributed by atoms with Gasteiger partial charge in [-0.15, -0.1) is 0 Å². The standard InChI is InChI=1S/C15H31N3O2S/c1-15(2)9-7-14(8-10-15)17-21(19,20)18(3)12-4-11-16-13-5-6-13/h13-14,16-17H,4-12H2,1-3H3. The normalized spacial score (nSPS) is 23.6. The first-order valence-corrected chi connectivity index (χ1v) is 9.69. The van der Waals surface area contributed by atoms with Gasteiger partial charge in [-0.2, -0.15) is 17.4 Å². The first kappa shape index (κ1) is 17.2. The molecular formula is C15H31N3O2S. The van der Waals surface area contributed by atoms with Crippen LogP contribution in [0.15, 0.2) is 0 Å². The van der Waals surface area contributed by atoms with Crippen LogP contribution in [0.4, 0.5) is 0 Å². The predicted octanol–water partition coefficient (Wildman–Crippen LogP) is 1.86. The summed E-state index contributed by atoms with van der Waals surface area (Å²) in [4.78, 5) is 0. The number of nitrogens with zero attached hydrogens (tertiary/aromatic N) is 1. The van der Waals surface area contributed by atoms with Gasteiger partial charge in [-0.05, 0) is 56.9 Å². The van der Waals surface area contributed by atoms with Crippen molar-refractivity contribution in [1.29, 1.82) is 0 Å². The molecule has 6 heteroatoms. The minimum atomic E-state index is -3.33. The van der Waals surface area contributed by atoms with E-state index in [0.717, 1.165) is 38.6 Å². The topological polar surface area (TPSA) is 61.4 Å². The van der Waals surface area contributed by atoms with Gasteiger partial charge in [0.15, 0.2) is 0 Å². The largest absolute Gasteiger partial charge is 0.314 e. The zero-order chi connectivity index (χ0) is 15.5. The predicted molar refractivity (Wildman–Crippen MR) is 86.4 cm³/mol. The molecule has 21 heavy (non-hydrogen) atoms. The van der Waals surface area contributed by atoms with Gasteiger partial charge in [-0.3, -0.25) is 0 Å². The van der Waals surface area contributed by atoms with Crippen LogP contribution in [0.5, 0.6) is 0 Å². The van der Waals surface area contributed by atoms with E-state index in [1.54, 1.807) is 7.05 Å². The molecule has 2 N–H and O–H groups in total. The molecule has 0 unspecified atom stereocenters. The second-order valence-electron chi connectivity index (χ2n) is 7.46. The van der Waals surface area contributed by atoms with Crippen molar-refractivity contribution in [3.8, 4) is 0 Å². The van der Waals surface area contributed by atoms with Gasteiger partial charge in [0.05, 0.1) is 0 Å².